The number of benzene rings is 1. The van der Waals surface area contributed by atoms with Crippen LogP contribution in [0.3, 0.4) is 0 Å². The van der Waals surface area contributed by atoms with E-state index in [0.29, 0.717) is 6.54 Å². The maximum absolute atomic E-state index is 10.4. The van der Waals surface area contributed by atoms with Gasteiger partial charge in [-0.15, -0.1) is 10.2 Å². The summed E-state index contributed by atoms with van der Waals surface area (Å²) in [6.07, 6.45) is 3.03. The molecule has 2 aromatic heterocycles. The molecular weight excluding hydrogens is 304 g/mol. The van der Waals surface area contributed by atoms with Crippen molar-refractivity contribution in [2.45, 2.75) is 24.9 Å². The molecular formula is C17H22N6O. The van der Waals surface area contributed by atoms with Crippen molar-refractivity contribution in [1.29, 1.82) is 0 Å². The van der Waals surface area contributed by atoms with Crippen molar-refractivity contribution >= 4 is 17.0 Å². The number of nitrogens with one attached hydrogen (secondary N) is 1. The van der Waals surface area contributed by atoms with Gasteiger partial charge < -0.3 is 19.6 Å². The number of aliphatic hydroxyl groups is 1. The Balaban J connectivity index is 1.45. The van der Waals surface area contributed by atoms with Crippen molar-refractivity contribution in [2.24, 2.45) is 20.0 Å². The van der Waals surface area contributed by atoms with E-state index in [1.807, 2.05) is 36.9 Å². The first-order valence-electron chi connectivity index (χ1n) is 8.30. The first-order valence-corrected chi connectivity index (χ1v) is 8.30. The van der Waals surface area contributed by atoms with Gasteiger partial charge in [-0.2, -0.15) is 0 Å². The molecule has 1 aliphatic carbocycles. The van der Waals surface area contributed by atoms with Crippen LogP contribution in [0.25, 0.3) is 11.0 Å². The minimum atomic E-state index is -0.325. The molecule has 1 fully saturated rings. The van der Waals surface area contributed by atoms with Crippen molar-refractivity contribution in [1.82, 2.24) is 24.3 Å². The van der Waals surface area contributed by atoms with Gasteiger partial charge in [0.2, 0.25) is 5.95 Å². The third-order valence-electron chi connectivity index (χ3n) is 5.08. The van der Waals surface area contributed by atoms with Gasteiger partial charge >= 0.3 is 0 Å². The van der Waals surface area contributed by atoms with Crippen LogP contribution in [0.5, 0.6) is 0 Å². The Labute approximate surface area is 140 Å². The molecule has 7 nitrogen and oxygen atoms in total. The van der Waals surface area contributed by atoms with Crippen molar-refractivity contribution in [2.75, 3.05) is 11.9 Å². The summed E-state index contributed by atoms with van der Waals surface area (Å²) in [5.41, 5.74) is 2.08. The van der Waals surface area contributed by atoms with Crippen LogP contribution in [0, 0.1) is 5.92 Å². The molecule has 0 aliphatic heterocycles. The van der Waals surface area contributed by atoms with E-state index in [1.54, 1.807) is 6.33 Å². The molecule has 2 N–H and O–H groups in total. The zero-order valence-electron chi connectivity index (χ0n) is 13.9. The predicted octanol–water partition coefficient (Wildman–Crippen LogP) is 1.67. The molecule has 0 spiro atoms. The fraction of sp³-hybridized carbons (Fsp3) is 0.471. The molecule has 4 rings (SSSR count). The van der Waals surface area contributed by atoms with Gasteiger partial charge in [0.1, 0.15) is 12.2 Å². The Kier molecular flexibility index (Phi) is 3.72. The Morgan fingerprint density at radius 1 is 1.25 bits per heavy atom. The highest BCUT2D eigenvalue weighted by Gasteiger charge is 2.35. The van der Waals surface area contributed by atoms with Crippen molar-refractivity contribution in [3.63, 3.8) is 0 Å². The number of aliphatic hydroxyl groups excluding tert-OH is 1. The summed E-state index contributed by atoms with van der Waals surface area (Å²) in [4.78, 5) is 4.63. The van der Waals surface area contributed by atoms with Gasteiger partial charge in [0.25, 0.3) is 0 Å². The zero-order valence-corrected chi connectivity index (χ0v) is 13.9. The number of nitrogens with zero attached hydrogens (tertiary/aromatic N) is 5. The third kappa shape index (κ3) is 2.54. The SMILES string of the molecule is Cn1cnnc1[C@H]1C[C@H](CNc2nc3ccccc3n2C)[C@H](O)C1. The van der Waals surface area contributed by atoms with Crippen molar-refractivity contribution < 1.29 is 5.11 Å². The van der Waals surface area contributed by atoms with Crippen LogP contribution in [0.4, 0.5) is 5.95 Å². The number of fused-ring (bicyclic) bond motifs is 1. The van der Waals surface area contributed by atoms with Gasteiger partial charge in [-0.05, 0) is 25.0 Å². The normalized spacial score (nSPS) is 23.9. The van der Waals surface area contributed by atoms with E-state index in [4.69, 9.17) is 0 Å². The lowest BCUT2D eigenvalue weighted by Gasteiger charge is -2.15. The number of hydrogen-bond acceptors (Lipinski definition) is 5. The van der Waals surface area contributed by atoms with Gasteiger partial charge in [0.05, 0.1) is 17.1 Å². The molecule has 0 bridgehead atoms. The molecule has 2 heterocycles. The molecule has 0 unspecified atom stereocenters. The number of rotatable bonds is 4. The summed E-state index contributed by atoms with van der Waals surface area (Å²) in [6, 6.07) is 8.07. The highest BCUT2D eigenvalue weighted by atomic mass is 16.3. The molecule has 0 amide bonds. The molecule has 3 atom stereocenters. The van der Waals surface area contributed by atoms with E-state index < -0.39 is 0 Å². The van der Waals surface area contributed by atoms with Crippen LogP contribution in [-0.2, 0) is 14.1 Å². The molecule has 1 aromatic carbocycles. The maximum atomic E-state index is 10.4. The number of imidazole rings is 1. The van der Waals surface area contributed by atoms with Crippen LogP contribution in [-0.4, -0.2) is 42.1 Å². The zero-order chi connectivity index (χ0) is 16.7. The van der Waals surface area contributed by atoms with Crippen LogP contribution in [0.2, 0.25) is 0 Å². The monoisotopic (exact) mass is 326 g/mol. The van der Waals surface area contributed by atoms with Gasteiger partial charge in [0.15, 0.2) is 0 Å². The summed E-state index contributed by atoms with van der Waals surface area (Å²) in [7, 11) is 3.96. The molecule has 24 heavy (non-hydrogen) atoms. The lowest BCUT2D eigenvalue weighted by Crippen LogP contribution is -2.23. The van der Waals surface area contributed by atoms with Gasteiger partial charge in [-0.1, -0.05) is 12.1 Å². The largest absolute Gasteiger partial charge is 0.393 e. The van der Waals surface area contributed by atoms with E-state index in [9.17, 15) is 5.11 Å². The van der Waals surface area contributed by atoms with Gasteiger partial charge in [0, 0.05) is 32.5 Å². The molecule has 0 radical (unpaired) electrons. The first kappa shape index (κ1) is 15.1. The number of anilines is 1. The van der Waals surface area contributed by atoms with Gasteiger partial charge in [-0.3, -0.25) is 0 Å². The molecule has 1 saturated carbocycles. The van der Waals surface area contributed by atoms with Crippen LogP contribution in [0.15, 0.2) is 30.6 Å². The topological polar surface area (TPSA) is 80.8 Å². The van der Waals surface area contributed by atoms with E-state index in [2.05, 4.69) is 31.1 Å². The van der Waals surface area contributed by atoms with Gasteiger partial charge in [-0.25, -0.2) is 4.98 Å². The van der Waals surface area contributed by atoms with E-state index >= 15 is 0 Å². The number of hydrogen-bond donors (Lipinski definition) is 2. The molecule has 3 aromatic rings. The third-order valence-corrected chi connectivity index (χ3v) is 5.08. The number of para-hydroxylation sites is 2. The molecule has 1 aliphatic rings. The highest BCUT2D eigenvalue weighted by molar-refractivity contribution is 5.78. The highest BCUT2D eigenvalue weighted by Crippen LogP contribution is 2.37. The smallest absolute Gasteiger partial charge is 0.203 e. The van der Waals surface area contributed by atoms with E-state index in [0.717, 1.165) is 35.6 Å². The quantitative estimate of drug-likeness (QED) is 0.762. The summed E-state index contributed by atoms with van der Waals surface area (Å²) >= 11 is 0. The van der Waals surface area contributed by atoms with E-state index in [1.165, 1.54) is 0 Å². The van der Waals surface area contributed by atoms with Crippen molar-refractivity contribution in [3.05, 3.63) is 36.4 Å². The Bertz CT molecular complexity index is 854. The second kappa shape index (κ2) is 5.90. The standard InChI is InChI=1S/C17H22N6O/c1-22-10-19-21-16(22)11-7-12(15(24)8-11)9-18-17-20-13-5-3-4-6-14(13)23(17)2/h3-6,10-12,15,24H,7-9H2,1-2H3,(H,18,20)/t11-,12+,15+/m0/s1. The summed E-state index contributed by atoms with van der Waals surface area (Å²) in [5, 5.41) is 22.0. The average Bonchev–Trinajstić information content (AvgIpc) is 3.24. The minimum Gasteiger partial charge on any atom is -0.393 e. The van der Waals surface area contributed by atoms with Crippen LogP contribution >= 0.6 is 0 Å². The summed E-state index contributed by atoms with van der Waals surface area (Å²) < 4.78 is 4.00. The molecule has 0 saturated heterocycles. The average molecular weight is 326 g/mol. The Morgan fingerprint density at radius 3 is 2.83 bits per heavy atom. The second-order valence-corrected chi connectivity index (χ2v) is 6.66. The maximum Gasteiger partial charge on any atom is 0.203 e. The van der Waals surface area contributed by atoms with Crippen LogP contribution in [0.1, 0.15) is 24.6 Å². The summed E-state index contributed by atoms with van der Waals surface area (Å²) in [5.74, 6) is 2.25. The Hall–Kier alpha value is -2.41. The summed E-state index contributed by atoms with van der Waals surface area (Å²) in [6.45, 7) is 0.701. The number of aromatic nitrogens is 5. The predicted molar refractivity (Wildman–Crippen MR) is 91.7 cm³/mol. The van der Waals surface area contributed by atoms with E-state index in [-0.39, 0.29) is 17.9 Å². The Morgan fingerprint density at radius 2 is 2.08 bits per heavy atom. The molecule has 126 valence electrons. The fourth-order valence-corrected chi connectivity index (χ4v) is 3.72. The molecule has 7 heteroatoms. The van der Waals surface area contributed by atoms with Crippen LogP contribution < -0.4 is 5.32 Å². The van der Waals surface area contributed by atoms with Crippen molar-refractivity contribution in [3.8, 4) is 0 Å². The minimum absolute atomic E-state index is 0.187. The second-order valence-electron chi connectivity index (χ2n) is 6.66. The lowest BCUT2D eigenvalue weighted by atomic mass is 10.0. The fourth-order valence-electron chi connectivity index (χ4n) is 3.72. The number of aryl methyl sites for hydroxylation is 2. The lowest BCUT2D eigenvalue weighted by molar-refractivity contribution is 0.137. The first-order chi connectivity index (χ1) is 11.6.